The molecular weight excluding hydrogens is 206 g/mol. The number of hydrogen-bond donors (Lipinski definition) is 0. The van der Waals surface area contributed by atoms with Crippen LogP contribution in [0.2, 0.25) is 0 Å². The second-order valence-electron chi connectivity index (χ2n) is 3.34. The van der Waals surface area contributed by atoms with Crippen molar-refractivity contribution in [1.29, 1.82) is 5.26 Å². The SMILES string of the molecule is COC(=O)CC(C)Oc1ccc(C#N)cc1. The van der Waals surface area contributed by atoms with E-state index in [1.54, 1.807) is 31.2 Å². The fourth-order valence-corrected chi connectivity index (χ4v) is 1.20. The number of hydrogen-bond acceptors (Lipinski definition) is 4. The van der Waals surface area contributed by atoms with Gasteiger partial charge in [-0.15, -0.1) is 0 Å². The van der Waals surface area contributed by atoms with Crippen LogP contribution in [0.15, 0.2) is 24.3 Å². The highest BCUT2D eigenvalue weighted by molar-refractivity contribution is 5.69. The van der Waals surface area contributed by atoms with Crippen molar-refractivity contribution in [3.63, 3.8) is 0 Å². The fraction of sp³-hybridized carbons (Fsp3) is 0.333. The van der Waals surface area contributed by atoms with Gasteiger partial charge in [0, 0.05) is 0 Å². The van der Waals surface area contributed by atoms with Gasteiger partial charge in [-0.1, -0.05) is 0 Å². The largest absolute Gasteiger partial charge is 0.490 e. The molecule has 0 aliphatic rings. The Labute approximate surface area is 94.4 Å². The quantitative estimate of drug-likeness (QED) is 0.725. The van der Waals surface area contributed by atoms with Crippen LogP contribution in [0, 0.1) is 11.3 Å². The van der Waals surface area contributed by atoms with Crippen molar-refractivity contribution in [2.45, 2.75) is 19.4 Å². The number of carbonyl (C=O) groups is 1. The van der Waals surface area contributed by atoms with E-state index >= 15 is 0 Å². The van der Waals surface area contributed by atoms with Gasteiger partial charge in [0.05, 0.1) is 25.2 Å². The maximum Gasteiger partial charge on any atom is 0.309 e. The van der Waals surface area contributed by atoms with Crippen LogP contribution >= 0.6 is 0 Å². The molecule has 1 aromatic carbocycles. The second-order valence-corrected chi connectivity index (χ2v) is 3.34. The number of nitrogens with zero attached hydrogens (tertiary/aromatic N) is 1. The molecule has 1 rings (SSSR count). The third-order valence-electron chi connectivity index (χ3n) is 2.00. The average molecular weight is 219 g/mol. The molecule has 0 bridgehead atoms. The number of nitriles is 1. The fourth-order valence-electron chi connectivity index (χ4n) is 1.20. The van der Waals surface area contributed by atoms with E-state index in [0.717, 1.165) is 0 Å². The Balaban J connectivity index is 2.53. The van der Waals surface area contributed by atoms with Gasteiger partial charge in [-0.05, 0) is 31.2 Å². The lowest BCUT2D eigenvalue weighted by molar-refractivity contribution is -0.142. The molecule has 0 saturated heterocycles. The monoisotopic (exact) mass is 219 g/mol. The predicted octanol–water partition coefficient (Wildman–Crippen LogP) is 1.89. The van der Waals surface area contributed by atoms with Crippen molar-refractivity contribution in [2.75, 3.05) is 7.11 Å². The first-order valence-corrected chi connectivity index (χ1v) is 4.89. The van der Waals surface area contributed by atoms with Crippen LogP contribution in [0.25, 0.3) is 0 Å². The lowest BCUT2D eigenvalue weighted by Gasteiger charge is -2.13. The molecule has 0 amide bonds. The summed E-state index contributed by atoms with van der Waals surface area (Å²) in [6.45, 7) is 1.79. The normalized spacial score (nSPS) is 11.3. The lowest BCUT2D eigenvalue weighted by atomic mass is 10.2. The van der Waals surface area contributed by atoms with Crippen LogP contribution in [-0.2, 0) is 9.53 Å². The van der Waals surface area contributed by atoms with E-state index < -0.39 is 0 Å². The summed E-state index contributed by atoms with van der Waals surface area (Å²) in [5, 5.41) is 8.61. The van der Waals surface area contributed by atoms with Gasteiger partial charge in [0.1, 0.15) is 11.9 Å². The minimum Gasteiger partial charge on any atom is -0.490 e. The van der Waals surface area contributed by atoms with Crippen molar-refractivity contribution >= 4 is 5.97 Å². The standard InChI is InChI=1S/C12H13NO3/c1-9(7-12(14)15-2)16-11-5-3-10(8-13)4-6-11/h3-6,9H,7H2,1-2H3. The minimum absolute atomic E-state index is 0.205. The smallest absolute Gasteiger partial charge is 0.309 e. The zero-order chi connectivity index (χ0) is 12.0. The molecule has 0 heterocycles. The highest BCUT2D eigenvalue weighted by Gasteiger charge is 2.10. The van der Waals surface area contributed by atoms with Gasteiger partial charge in [-0.3, -0.25) is 4.79 Å². The molecule has 1 unspecified atom stereocenters. The topological polar surface area (TPSA) is 59.3 Å². The molecule has 0 radical (unpaired) electrons. The Hall–Kier alpha value is -2.02. The van der Waals surface area contributed by atoms with Crippen LogP contribution in [0.4, 0.5) is 0 Å². The van der Waals surface area contributed by atoms with Crippen molar-refractivity contribution in [1.82, 2.24) is 0 Å². The lowest BCUT2D eigenvalue weighted by Crippen LogP contribution is -2.17. The highest BCUT2D eigenvalue weighted by atomic mass is 16.5. The van der Waals surface area contributed by atoms with Crippen LogP contribution in [0.3, 0.4) is 0 Å². The van der Waals surface area contributed by atoms with Gasteiger partial charge >= 0.3 is 5.97 Å². The first-order valence-electron chi connectivity index (χ1n) is 4.89. The Kier molecular flexibility index (Phi) is 4.34. The van der Waals surface area contributed by atoms with E-state index in [2.05, 4.69) is 4.74 Å². The van der Waals surface area contributed by atoms with Crippen LogP contribution in [0.5, 0.6) is 5.75 Å². The summed E-state index contributed by atoms with van der Waals surface area (Å²) in [5.74, 6) is 0.330. The van der Waals surface area contributed by atoms with Crippen molar-refractivity contribution < 1.29 is 14.3 Å². The predicted molar refractivity (Wildman–Crippen MR) is 57.9 cm³/mol. The van der Waals surface area contributed by atoms with Crippen molar-refractivity contribution in [2.24, 2.45) is 0 Å². The molecule has 16 heavy (non-hydrogen) atoms. The number of methoxy groups -OCH3 is 1. The third kappa shape index (κ3) is 3.62. The summed E-state index contributed by atoms with van der Waals surface area (Å²) >= 11 is 0. The number of esters is 1. The molecule has 1 aromatic rings. The zero-order valence-electron chi connectivity index (χ0n) is 9.27. The molecule has 0 N–H and O–H groups in total. The van der Waals surface area contributed by atoms with Gasteiger partial charge in [0.25, 0.3) is 0 Å². The first kappa shape index (κ1) is 12.1. The Morgan fingerprint density at radius 3 is 2.56 bits per heavy atom. The molecule has 0 saturated carbocycles. The van der Waals surface area contributed by atoms with E-state index in [0.29, 0.717) is 11.3 Å². The molecule has 1 atom stereocenters. The summed E-state index contributed by atoms with van der Waals surface area (Å²) in [6.07, 6.45) is -0.0448. The molecule has 0 aromatic heterocycles. The maximum atomic E-state index is 11.0. The second kappa shape index (κ2) is 5.76. The summed E-state index contributed by atoms with van der Waals surface area (Å²) in [5.41, 5.74) is 0.577. The first-order chi connectivity index (χ1) is 7.65. The molecule has 4 nitrogen and oxygen atoms in total. The summed E-state index contributed by atoms with van der Waals surface area (Å²) < 4.78 is 10.0. The van der Waals surface area contributed by atoms with Gasteiger partial charge in [0.2, 0.25) is 0 Å². The van der Waals surface area contributed by atoms with Gasteiger partial charge in [0.15, 0.2) is 0 Å². The number of carbonyl (C=O) groups excluding carboxylic acids is 1. The molecule has 84 valence electrons. The van der Waals surface area contributed by atoms with E-state index in [9.17, 15) is 4.79 Å². The minimum atomic E-state index is -0.304. The van der Waals surface area contributed by atoms with E-state index in [1.165, 1.54) is 7.11 Å². The third-order valence-corrected chi connectivity index (χ3v) is 2.00. The molecule has 0 fully saturated rings. The van der Waals surface area contributed by atoms with Gasteiger partial charge in [-0.25, -0.2) is 0 Å². The number of benzene rings is 1. The van der Waals surface area contributed by atoms with Crippen LogP contribution in [-0.4, -0.2) is 19.2 Å². The summed E-state index contributed by atoms with van der Waals surface area (Å²) in [6, 6.07) is 8.75. The molecule has 0 spiro atoms. The number of ether oxygens (including phenoxy) is 2. The Morgan fingerprint density at radius 2 is 2.06 bits per heavy atom. The summed E-state index contributed by atoms with van der Waals surface area (Å²) in [4.78, 5) is 11.0. The zero-order valence-corrected chi connectivity index (χ0v) is 9.27. The maximum absolute atomic E-state index is 11.0. The molecular formula is C12H13NO3. The molecule has 0 aliphatic carbocycles. The molecule has 0 aliphatic heterocycles. The van der Waals surface area contributed by atoms with E-state index in [1.807, 2.05) is 6.07 Å². The van der Waals surface area contributed by atoms with Gasteiger partial charge < -0.3 is 9.47 Å². The molecule has 4 heteroatoms. The Morgan fingerprint density at radius 1 is 1.44 bits per heavy atom. The number of rotatable bonds is 4. The van der Waals surface area contributed by atoms with Gasteiger partial charge in [-0.2, -0.15) is 5.26 Å². The van der Waals surface area contributed by atoms with Crippen molar-refractivity contribution in [3.05, 3.63) is 29.8 Å². The van der Waals surface area contributed by atoms with Crippen molar-refractivity contribution in [3.8, 4) is 11.8 Å². The van der Waals surface area contributed by atoms with E-state index in [4.69, 9.17) is 10.00 Å². The highest BCUT2D eigenvalue weighted by Crippen LogP contribution is 2.14. The van der Waals surface area contributed by atoms with Crippen LogP contribution in [0.1, 0.15) is 18.9 Å². The summed E-state index contributed by atoms with van der Waals surface area (Å²) in [7, 11) is 1.34. The average Bonchev–Trinajstić information content (AvgIpc) is 2.29. The van der Waals surface area contributed by atoms with E-state index in [-0.39, 0.29) is 18.5 Å². The van der Waals surface area contributed by atoms with Crippen LogP contribution < -0.4 is 4.74 Å². The Bertz CT molecular complexity index is 392.